The first-order chi connectivity index (χ1) is 18.1. The van der Waals surface area contributed by atoms with Crippen molar-refractivity contribution in [2.75, 3.05) is 43.1 Å². The monoisotopic (exact) mass is 501 g/mol. The van der Waals surface area contributed by atoms with Crippen molar-refractivity contribution in [1.29, 1.82) is 0 Å². The molecule has 3 N–H and O–H groups in total. The third kappa shape index (κ3) is 6.08. The van der Waals surface area contributed by atoms with Gasteiger partial charge in [0.1, 0.15) is 12.4 Å². The van der Waals surface area contributed by atoms with E-state index >= 15 is 0 Å². The van der Waals surface area contributed by atoms with Crippen LogP contribution in [0.25, 0.3) is 10.9 Å². The van der Waals surface area contributed by atoms with Gasteiger partial charge in [-0.2, -0.15) is 10.2 Å². The number of hydrogen-bond acceptors (Lipinski definition) is 7. The summed E-state index contributed by atoms with van der Waals surface area (Å²) in [4.78, 5) is 15.1. The summed E-state index contributed by atoms with van der Waals surface area (Å²) in [7, 11) is 0. The number of hydroxylamine groups is 2. The second kappa shape index (κ2) is 11.4. The normalized spacial score (nSPS) is 16.2. The van der Waals surface area contributed by atoms with Gasteiger partial charge in [-0.15, -0.1) is 0 Å². The summed E-state index contributed by atoms with van der Waals surface area (Å²) in [6.45, 7) is 5.44. The van der Waals surface area contributed by atoms with E-state index in [0.717, 1.165) is 28.7 Å². The molecule has 0 spiro atoms. The molecular weight excluding hydrogens is 470 g/mol. The topological polar surface area (TPSA) is 103 Å². The van der Waals surface area contributed by atoms with Gasteiger partial charge >= 0.3 is 0 Å². The number of anilines is 2. The molecule has 9 nitrogen and oxygen atoms in total. The molecule has 9 heteroatoms. The summed E-state index contributed by atoms with van der Waals surface area (Å²) >= 11 is 0. The molecule has 1 saturated heterocycles. The molecular formula is C28H31N5O4. The number of piperazine rings is 1. The lowest BCUT2D eigenvalue weighted by atomic mass is 10.1. The molecule has 0 radical (unpaired) electrons. The number of ether oxygens (including phenoxy) is 2. The van der Waals surface area contributed by atoms with E-state index in [2.05, 4.69) is 27.3 Å². The highest BCUT2D eigenvalue weighted by Crippen LogP contribution is 2.26. The van der Waals surface area contributed by atoms with Gasteiger partial charge in [0, 0.05) is 48.4 Å². The first-order valence-corrected chi connectivity index (χ1v) is 12.4. The molecule has 1 fully saturated rings. The maximum absolute atomic E-state index is 12.9. The van der Waals surface area contributed by atoms with Gasteiger partial charge < -0.3 is 24.9 Å². The Kier molecular flexibility index (Phi) is 7.65. The molecule has 3 aromatic carbocycles. The molecule has 37 heavy (non-hydrogen) atoms. The zero-order valence-electron chi connectivity index (χ0n) is 20.8. The average Bonchev–Trinajstić information content (AvgIpc) is 3.31. The summed E-state index contributed by atoms with van der Waals surface area (Å²) in [5.41, 5.74) is 3.47. The minimum Gasteiger partial charge on any atom is -0.491 e. The predicted octanol–water partition coefficient (Wildman–Crippen LogP) is 4.31. The number of nitrogens with one attached hydrogen (secondary N) is 2. The van der Waals surface area contributed by atoms with Crippen LogP contribution in [-0.2, 0) is 11.3 Å². The first-order valence-electron chi connectivity index (χ1n) is 12.4. The van der Waals surface area contributed by atoms with Crippen molar-refractivity contribution in [3.8, 4) is 5.75 Å². The Labute approximate surface area is 215 Å². The minimum atomic E-state index is -0.232. The molecule has 1 aliphatic heterocycles. The Bertz CT molecular complexity index is 1330. The number of hydrogen-bond donors (Lipinski definition) is 3. The largest absolute Gasteiger partial charge is 0.491 e. The third-order valence-corrected chi connectivity index (χ3v) is 6.44. The lowest BCUT2D eigenvalue weighted by Crippen LogP contribution is -2.50. The number of carbonyl (C=O) groups excluding carboxylic acids is 1. The van der Waals surface area contributed by atoms with Crippen LogP contribution >= 0.6 is 0 Å². The highest BCUT2D eigenvalue weighted by Gasteiger charge is 2.23. The number of carbonyl (C=O) groups is 1. The molecule has 2 heterocycles. The Balaban J connectivity index is 1.14. The van der Waals surface area contributed by atoms with E-state index in [1.165, 1.54) is 5.06 Å². The minimum absolute atomic E-state index is 0.185. The van der Waals surface area contributed by atoms with Crippen molar-refractivity contribution in [2.45, 2.75) is 19.6 Å². The SMILES string of the molecule is CC1CN(O)CCN1c1ccc(C(=O)Nc2n[nH]c3cc(OCCOCc4ccccc4)ccc23)cc1. The summed E-state index contributed by atoms with van der Waals surface area (Å²) < 4.78 is 11.5. The zero-order chi connectivity index (χ0) is 25.6. The van der Waals surface area contributed by atoms with E-state index < -0.39 is 0 Å². The van der Waals surface area contributed by atoms with Crippen molar-refractivity contribution in [3.63, 3.8) is 0 Å². The van der Waals surface area contributed by atoms with Crippen molar-refractivity contribution in [2.24, 2.45) is 0 Å². The third-order valence-electron chi connectivity index (χ3n) is 6.44. The maximum atomic E-state index is 12.9. The van der Waals surface area contributed by atoms with Crippen LogP contribution in [0.15, 0.2) is 72.8 Å². The highest BCUT2D eigenvalue weighted by atomic mass is 16.5. The lowest BCUT2D eigenvalue weighted by molar-refractivity contribution is -0.101. The number of benzene rings is 3. The number of rotatable bonds is 9. The average molecular weight is 502 g/mol. The van der Waals surface area contributed by atoms with Gasteiger partial charge in [-0.1, -0.05) is 30.3 Å². The second-order valence-electron chi connectivity index (χ2n) is 9.12. The number of fused-ring (bicyclic) bond motifs is 1. The fraction of sp³-hybridized carbons (Fsp3) is 0.286. The van der Waals surface area contributed by atoms with Gasteiger partial charge in [0.2, 0.25) is 0 Å². The molecule has 4 aromatic rings. The summed E-state index contributed by atoms with van der Waals surface area (Å²) in [5, 5.41) is 22.0. The van der Waals surface area contributed by atoms with E-state index in [0.29, 0.717) is 50.0 Å². The van der Waals surface area contributed by atoms with Crippen molar-refractivity contribution < 1.29 is 19.5 Å². The zero-order valence-corrected chi connectivity index (χ0v) is 20.8. The van der Waals surface area contributed by atoms with Gasteiger partial charge in [0.25, 0.3) is 5.91 Å². The molecule has 192 valence electrons. The Morgan fingerprint density at radius 3 is 2.68 bits per heavy atom. The van der Waals surface area contributed by atoms with Crippen LogP contribution in [0.2, 0.25) is 0 Å². The lowest BCUT2D eigenvalue weighted by Gasteiger charge is -2.38. The standard InChI is InChI=1S/C28H31N5O4/c1-20-18-32(35)13-14-33(20)23-9-7-22(8-10-23)28(34)29-27-25-12-11-24(17-26(25)30-31-27)37-16-15-36-19-21-5-3-2-4-6-21/h2-12,17,20,35H,13-16,18-19H2,1H3,(H2,29,30,31,34). The van der Waals surface area contributed by atoms with Crippen molar-refractivity contribution in [1.82, 2.24) is 15.3 Å². The van der Waals surface area contributed by atoms with E-state index in [9.17, 15) is 10.0 Å². The van der Waals surface area contributed by atoms with E-state index in [-0.39, 0.29) is 11.9 Å². The van der Waals surface area contributed by atoms with Crippen LogP contribution in [0.4, 0.5) is 11.5 Å². The number of H-pyrrole nitrogens is 1. The van der Waals surface area contributed by atoms with Crippen LogP contribution < -0.4 is 15.0 Å². The summed E-state index contributed by atoms with van der Waals surface area (Å²) in [6.07, 6.45) is 0. The van der Waals surface area contributed by atoms with E-state index in [1.807, 2.05) is 72.8 Å². The molecule has 1 aliphatic rings. The van der Waals surface area contributed by atoms with E-state index in [4.69, 9.17) is 9.47 Å². The molecule has 0 saturated carbocycles. The maximum Gasteiger partial charge on any atom is 0.256 e. The Hall–Kier alpha value is -3.92. The number of aromatic amines is 1. The number of aromatic nitrogens is 2. The summed E-state index contributed by atoms with van der Waals surface area (Å²) in [5.74, 6) is 0.933. The quantitative estimate of drug-likeness (QED) is 0.294. The molecule has 1 unspecified atom stereocenters. The smallest absolute Gasteiger partial charge is 0.256 e. The summed E-state index contributed by atoms with van der Waals surface area (Å²) in [6, 6.07) is 23.3. The van der Waals surface area contributed by atoms with Crippen molar-refractivity contribution in [3.05, 3.63) is 83.9 Å². The van der Waals surface area contributed by atoms with E-state index in [1.54, 1.807) is 0 Å². The van der Waals surface area contributed by atoms with Crippen LogP contribution in [0.5, 0.6) is 5.75 Å². The first kappa shape index (κ1) is 24.8. The molecule has 5 rings (SSSR count). The van der Waals surface area contributed by atoms with Crippen LogP contribution in [0.1, 0.15) is 22.8 Å². The van der Waals surface area contributed by atoms with Gasteiger partial charge in [-0.25, -0.2) is 0 Å². The van der Waals surface area contributed by atoms with Gasteiger partial charge in [-0.3, -0.25) is 9.89 Å². The molecule has 0 bridgehead atoms. The fourth-order valence-corrected chi connectivity index (χ4v) is 4.47. The van der Waals surface area contributed by atoms with Crippen LogP contribution in [-0.4, -0.2) is 65.3 Å². The van der Waals surface area contributed by atoms with Crippen molar-refractivity contribution >= 4 is 28.3 Å². The highest BCUT2D eigenvalue weighted by molar-refractivity contribution is 6.08. The number of nitrogens with zero attached hydrogens (tertiary/aromatic N) is 3. The predicted molar refractivity (Wildman–Crippen MR) is 142 cm³/mol. The molecule has 1 atom stereocenters. The van der Waals surface area contributed by atoms with Crippen LogP contribution in [0.3, 0.4) is 0 Å². The second-order valence-corrected chi connectivity index (χ2v) is 9.12. The number of amides is 1. The molecule has 1 amide bonds. The van der Waals surface area contributed by atoms with Gasteiger partial charge in [0.05, 0.1) is 18.7 Å². The molecule has 1 aromatic heterocycles. The fourth-order valence-electron chi connectivity index (χ4n) is 4.47. The van der Waals surface area contributed by atoms with Gasteiger partial charge in [0.15, 0.2) is 5.82 Å². The van der Waals surface area contributed by atoms with Gasteiger partial charge in [-0.05, 0) is 48.9 Å². The van der Waals surface area contributed by atoms with Crippen LogP contribution in [0, 0.1) is 0 Å². The Morgan fingerprint density at radius 1 is 1.08 bits per heavy atom. The Morgan fingerprint density at radius 2 is 1.89 bits per heavy atom. The molecule has 0 aliphatic carbocycles.